The van der Waals surface area contributed by atoms with E-state index in [-0.39, 0.29) is 41.5 Å². The van der Waals surface area contributed by atoms with Crippen LogP contribution in [0, 0.1) is 46.3 Å². The molecule has 8 rings (SSSR count). The molecule has 0 spiro atoms. The Morgan fingerprint density at radius 3 is 1.88 bits per heavy atom. The Morgan fingerprint density at radius 2 is 1.22 bits per heavy atom. The maximum atomic E-state index is 12.0. The van der Waals surface area contributed by atoms with E-state index in [1.165, 1.54) is 0 Å². The third-order valence-corrected chi connectivity index (χ3v) is 17.7. The molecule has 4 aliphatic heterocycles. The Hall–Kier alpha value is -1.02. The van der Waals surface area contributed by atoms with Gasteiger partial charge in [-0.05, 0) is 98.2 Å². The lowest BCUT2D eigenvalue weighted by Crippen LogP contribution is -2.65. The van der Waals surface area contributed by atoms with E-state index in [1.54, 1.807) is 0 Å². The Balaban J connectivity index is 0.837. The van der Waals surface area contributed by atoms with Crippen LogP contribution in [0.4, 0.5) is 0 Å². The highest BCUT2D eigenvalue weighted by Gasteiger charge is 2.68. The normalized spacial score (nSPS) is 55.0. The Morgan fingerprint density at radius 1 is 0.641 bits per heavy atom. The predicted molar refractivity (Wildman–Crippen MR) is 219 cm³/mol. The molecule has 0 aromatic carbocycles. The zero-order chi connectivity index (χ0) is 46.2. The maximum Gasteiger partial charge on any atom is 0.187 e. The average Bonchev–Trinajstić information content (AvgIpc) is 3.72. The number of hydrogen-bond acceptors (Lipinski definition) is 19. The summed E-state index contributed by atoms with van der Waals surface area (Å²) >= 11 is 0. The van der Waals surface area contributed by atoms with Crippen LogP contribution in [0.25, 0.3) is 0 Å². The van der Waals surface area contributed by atoms with Gasteiger partial charge in [0.2, 0.25) is 0 Å². The van der Waals surface area contributed by atoms with Crippen molar-refractivity contribution in [2.24, 2.45) is 46.3 Å². The van der Waals surface area contributed by atoms with Gasteiger partial charge in [0, 0.05) is 12.3 Å². The van der Waals surface area contributed by atoms with Crippen molar-refractivity contribution in [3.63, 3.8) is 0 Å². The van der Waals surface area contributed by atoms with Gasteiger partial charge in [0.25, 0.3) is 0 Å². The van der Waals surface area contributed by atoms with E-state index in [0.717, 1.165) is 44.9 Å². The third kappa shape index (κ3) is 8.57. The van der Waals surface area contributed by atoms with Crippen molar-refractivity contribution in [3.05, 3.63) is 12.2 Å². The molecule has 0 radical (unpaired) electrons. The van der Waals surface area contributed by atoms with Crippen LogP contribution >= 0.6 is 0 Å². The van der Waals surface area contributed by atoms with Gasteiger partial charge in [-0.1, -0.05) is 32.9 Å². The first-order valence-electron chi connectivity index (χ1n) is 23.5. The van der Waals surface area contributed by atoms with Gasteiger partial charge in [0.1, 0.15) is 73.2 Å². The largest absolute Gasteiger partial charge is 0.394 e. The topological polar surface area (TPSA) is 307 Å². The second kappa shape index (κ2) is 19.1. The van der Waals surface area contributed by atoms with E-state index in [2.05, 4.69) is 27.4 Å². The van der Waals surface area contributed by atoms with Gasteiger partial charge >= 0.3 is 0 Å². The van der Waals surface area contributed by atoms with Crippen LogP contribution in [0.2, 0.25) is 0 Å². The van der Waals surface area contributed by atoms with Crippen LogP contribution in [0.5, 0.6) is 0 Å². The van der Waals surface area contributed by atoms with Crippen molar-refractivity contribution in [1.29, 1.82) is 0 Å². The first kappa shape index (κ1) is 49.4. The number of fused-ring (bicyclic) bond motifs is 7. The minimum atomic E-state index is -1.75. The van der Waals surface area contributed by atoms with Crippen molar-refractivity contribution < 1.29 is 94.4 Å². The number of ether oxygens (including phenoxy) is 7. The molecule has 64 heavy (non-hydrogen) atoms. The zero-order valence-corrected chi connectivity index (χ0v) is 37.1. The zero-order valence-electron chi connectivity index (χ0n) is 37.1. The molecule has 0 aromatic rings. The van der Waals surface area contributed by atoms with Gasteiger partial charge in [-0.2, -0.15) is 0 Å². The molecule has 8 fully saturated rings. The average molecular weight is 919 g/mol. The first-order valence-corrected chi connectivity index (χ1v) is 23.5. The summed E-state index contributed by atoms with van der Waals surface area (Å²) in [7, 11) is 0. The summed E-state index contributed by atoms with van der Waals surface area (Å²) in [6.07, 6.45) is -14.1. The lowest BCUT2D eigenvalue weighted by atomic mass is 9.44. The Kier molecular flexibility index (Phi) is 14.7. The van der Waals surface area contributed by atoms with Gasteiger partial charge in [-0.15, -0.1) is 0 Å². The highest BCUT2D eigenvalue weighted by molar-refractivity contribution is 5.15. The second-order valence-electron chi connectivity index (χ2n) is 21.0. The second-order valence-corrected chi connectivity index (χ2v) is 21.0. The van der Waals surface area contributed by atoms with Gasteiger partial charge < -0.3 is 94.4 Å². The van der Waals surface area contributed by atoms with Gasteiger partial charge in [-0.3, -0.25) is 0 Å². The lowest BCUT2D eigenvalue weighted by Gasteiger charge is -2.61. The van der Waals surface area contributed by atoms with E-state index in [0.29, 0.717) is 48.5 Å². The van der Waals surface area contributed by atoms with Crippen LogP contribution in [0.1, 0.15) is 85.0 Å². The van der Waals surface area contributed by atoms with Crippen LogP contribution in [-0.2, 0) is 33.2 Å². The molecule has 0 amide bonds. The quantitative estimate of drug-likeness (QED) is 0.0712. The molecule has 0 bridgehead atoms. The van der Waals surface area contributed by atoms with E-state index in [4.69, 9.17) is 33.2 Å². The van der Waals surface area contributed by atoms with Crippen LogP contribution in [0.15, 0.2) is 12.2 Å². The molecule has 0 unspecified atom stereocenters. The molecule has 0 aromatic heterocycles. The highest BCUT2D eigenvalue weighted by atomic mass is 16.7. The summed E-state index contributed by atoms with van der Waals surface area (Å²) < 4.78 is 41.3. The van der Waals surface area contributed by atoms with Crippen LogP contribution < -0.4 is 0 Å². The molecule has 4 heterocycles. The predicted octanol–water partition coefficient (Wildman–Crippen LogP) is -1.86. The summed E-state index contributed by atoms with van der Waals surface area (Å²) in [6, 6.07) is 0. The molecule has 8 aliphatic rings. The third-order valence-electron chi connectivity index (χ3n) is 17.7. The van der Waals surface area contributed by atoms with Gasteiger partial charge in [0.15, 0.2) is 24.7 Å². The molecular formula is C45H74O19. The molecule has 12 N–H and O–H groups in total. The van der Waals surface area contributed by atoms with Crippen molar-refractivity contribution >= 4 is 0 Å². The molecule has 368 valence electrons. The van der Waals surface area contributed by atoms with Crippen molar-refractivity contribution in [2.45, 2.75) is 195 Å². The maximum absolute atomic E-state index is 12.0. The fourth-order valence-electron chi connectivity index (χ4n) is 14.0. The first-order chi connectivity index (χ1) is 30.3. The SMILES string of the molecule is C=C(CC[C@@]1(O)O[C@H]2C[C@H]3[C@@H]4CC[C@@H]5C[C@@H](O[C@@H]6O[C@H](CO)[C@@H](O[C@@H]7O[C@H](CO)[C@@H](O)[C@H](O)[C@H]7O)[C@H](O)[C@H]6O)CC[C@]5(C)[C@H]4CC[C@]3(C)[C@H]2[C@@H]1C)CO[C@@H]1O[C@H](CO)[C@@H](O)[C@H](O)[C@H]1O. The Labute approximate surface area is 373 Å². The number of aliphatic hydroxyl groups excluding tert-OH is 11. The standard InChI is InChI=1S/C45H74O19/c1-19(18-58-40-36(54)33(51)31(49)27(15-46)60-40)7-12-45(57)20(2)30-26(64-45)14-25-23-6-5-21-13-22(8-10-43(21,3)24(23)9-11-44(25,30)4)59-41-38(56)35(53)39(29(17-48)62-41)63-42-37(55)34(52)32(50)28(16-47)61-42/h20-42,46-57H,1,5-18H2,2-4H3/t20-,21+,22-,23+,24-,25-,26-,27+,28+,29+,30-,31+,32+,33-,34-,35+,36+,37+,38+,39+,40+,41+,42-,43-,44-,45+/m0/s1. The molecule has 19 heteroatoms. The fourth-order valence-corrected chi connectivity index (χ4v) is 14.0. The minimum absolute atomic E-state index is 0.00855. The molecule has 4 saturated heterocycles. The van der Waals surface area contributed by atoms with E-state index in [1.807, 2.05) is 0 Å². The van der Waals surface area contributed by atoms with Gasteiger partial charge in [0.05, 0.1) is 38.6 Å². The van der Waals surface area contributed by atoms with E-state index in [9.17, 15) is 61.3 Å². The van der Waals surface area contributed by atoms with Crippen molar-refractivity contribution in [2.75, 3.05) is 26.4 Å². The van der Waals surface area contributed by atoms with E-state index < -0.39 is 118 Å². The summed E-state index contributed by atoms with van der Waals surface area (Å²) in [4.78, 5) is 0. The monoisotopic (exact) mass is 918 g/mol. The fraction of sp³-hybridized carbons (Fsp3) is 0.956. The lowest BCUT2D eigenvalue weighted by molar-refractivity contribution is -0.364. The minimum Gasteiger partial charge on any atom is -0.394 e. The molecule has 26 atom stereocenters. The molecule has 19 nitrogen and oxygen atoms in total. The summed E-state index contributed by atoms with van der Waals surface area (Å²) in [5, 5.41) is 125. The molecule has 4 saturated carbocycles. The van der Waals surface area contributed by atoms with E-state index >= 15 is 0 Å². The molecular weight excluding hydrogens is 844 g/mol. The van der Waals surface area contributed by atoms with Gasteiger partial charge in [-0.25, -0.2) is 0 Å². The number of aliphatic hydroxyl groups is 12. The van der Waals surface area contributed by atoms with Crippen molar-refractivity contribution in [3.8, 4) is 0 Å². The summed E-state index contributed by atoms with van der Waals surface area (Å²) in [6.45, 7) is 9.13. The van der Waals surface area contributed by atoms with Crippen molar-refractivity contribution in [1.82, 2.24) is 0 Å². The summed E-state index contributed by atoms with van der Waals surface area (Å²) in [5.74, 6) is 0.520. The van der Waals surface area contributed by atoms with Crippen LogP contribution in [0.3, 0.4) is 0 Å². The number of hydrogen-bond donors (Lipinski definition) is 12. The highest BCUT2D eigenvalue weighted by Crippen LogP contribution is 2.71. The summed E-state index contributed by atoms with van der Waals surface area (Å²) in [5.41, 5.74) is 0.692. The number of rotatable bonds is 13. The molecule has 4 aliphatic carbocycles. The smallest absolute Gasteiger partial charge is 0.187 e. The Bertz CT molecular complexity index is 1600. The van der Waals surface area contributed by atoms with Crippen LogP contribution in [-0.4, -0.2) is 198 Å².